The van der Waals surface area contributed by atoms with Crippen LogP contribution in [0.3, 0.4) is 0 Å². The zero-order valence-corrected chi connectivity index (χ0v) is 19.1. The summed E-state index contributed by atoms with van der Waals surface area (Å²) >= 11 is 0. The summed E-state index contributed by atoms with van der Waals surface area (Å²) in [6.45, 7) is 1.69. The number of rotatable bonds is 7. The average molecular weight is 468 g/mol. The smallest absolute Gasteiger partial charge is 0.262 e. The van der Waals surface area contributed by atoms with Crippen molar-refractivity contribution in [2.75, 3.05) is 6.54 Å². The number of carbonyl (C=O) groups is 4. The van der Waals surface area contributed by atoms with Crippen LogP contribution in [0.2, 0.25) is 0 Å². The number of amides is 4. The molecule has 1 unspecified atom stereocenters. The zero-order valence-electron chi connectivity index (χ0n) is 19.1. The van der Waals surface area contributed by atoms with Crippen LogP contribution in [-0.2, 0) is 22.6 Å². The topological polar surface area (TPSA) is 95.6 Å². The van der Waals surface area contributed by atoms with Gasteiger partial charge in [-0.15, -0.1) is 0 Å². The zero-order chi connectivity index (χ0) is 24.4. The first kappa shape index (κ1) is 22.7. The summed E-state index contributed by atoms with van der Waals surface area (Å²) in [5.41, 5.74) is 4.78. The molecule has 176 valence electrons. The van der Waals surface area contributed by atoms with E-state index in [0.717, 1.165) is 35.5 Å². The summed E-state index contributed by atoms with van der Waals surface area (Å²) in [5, 5.41) is 5.66. The summed E-state index contributed by atoms with van der Waals surface area (Å²) in [7, 11) is 0. The van der Waals surface area contributed by atoms with Crippen LogP contribution in [0.15, 0.2) is 72.8 Å². The third-order valence-electron chi connectivity index (χ3n) is 6.49. The van der Waals surface area contributed by atoms with Crippen molar-refractivity contribution in [2.24, 2.45) is 0 Å². The Labute approximate surface area is 203 Å². The molecule has 3 aromatic rings. The van der Waals surface area contributed by atoms with Crippen LogP contribution in [-0.4, -0.2) is 41.1 Å². The maximum atomic E-state index is 13.1. The summed E-state index contributed by atoms with van der Waals surface area (Å²) in [4.78, 5) is 50.6. The first-order chi connectivity index (χ1) is 17.0. The maximum Gasteiger partial charge on any atom is 0.262 e. The second kappa shape index (κ2) is 9.64. The van der Waals surface area contributed by atoms with Crippen molar-refractivity contribution in [1.29, 1.82) is 0 Å². The Morgan fingerprint density at radius 2 is 1.51 bits per heavy atom. The third-order valence-corrected chi connectivity index (χ3v) is 6.49. The average Bonchev–Trinajstić information content (AvgIpc) is 3.12. The Balaban J connectivity index is 1.25. The predicted octanol–water partition coefficient (Wildman–Crippen LogP) is 3.09. The van der Waals surface area contributed by atoms with Crippen molar-refractivity contribution in [3.05, 3.63) is 95.1 Å². The second-order valence-corrected chi connectivity index (χ2v) is 8.82. The highest BCUT2D eigenvalue weighted by molar-refractivity contribution is 6.23. The van der Waals surface area contributed by atoms with Crippen LogP contribution in [0.5, 0.6) is 0 Å². The summed E-state index contributed by atoms with van der Waals surface area (Å²) in [6, 6.07) is 22.6. The van der Waals surface area contributed by atoms with Crippen LogP contribution in [0, 0.1) is 0 Å². The molecule has 1 saturated heterocycles. The number of nitrogens with one attached hydrogen (secondary N) is 2. The van der Waals surface area contributed by atoms with Crippen LogP contribution in [0.25, 0.3) is 11.1 Å². The molecule has 1 fully saturated rings. The number of piperidine rings is 1. The fourth-order valence-corrected chi connectivity index (χ4v) is 4.58. The molecular weight excluding hydrogens is 442 g/mol. The molecule has 1 atom stereocenters. The van der Waals surface area contributed by atoms with E-state index in [1.807, 2.05) is 36.4 Å². The van der Waals surface area contributed by atoms with Crippen LogP contribution < -0.4 is 10.6 Å². The fourth-order valence-electron chi connectivity index (χ4n) is 4.58. The highest BCUT2D eigenvalue weighted by Gasteiger charge is 2.44. The minimum Gasteiger partial charge on any atom is -0.312 e. The molecule has 4 amide bonds. The largest absolute Gasteiger partial charge is 0.312 e. The molecule has 5 rings (SSSR count). The van der Waals surface area contributed by atoms with E-state index in [4.69, 9.17) is 0 Å². The molecule has 0 saturated carbocycles. The van der Waals surface area contributed by atoms with E-state index in [2.05, 4.69) is 34.9 Å². The minimum absolute atomic E-state index is 0.100. The Morgan fingerprint density at radius 1 is 0.800 bits per heavy atom. The van der Waals surface area contributed by atoms with Crippen LogP contribution >= 0.6 is 0 Å². The lowest BCUT2D eigenvalue weighted by Crippen LogP contribution is -2.54. The Bertz CT molecular complexity index is 1300. The molecule has 2 heterocycles. The van der Waals surface area contributed by atoms with Gasteiger partial charge in [-0.3, -0.25) is 29.4 Å². The van der Waals surface area contributed by atoms with E-state index in [1.54, 1.807) is 12.1 Å². The third kappa shape index (κ3) is 4.63. The maximum absolute atomic E-state index is 13.1. The SMILES string of the molecule is O=C1CCC(N2C(=O)c3ccc(-c4ccc(CCNCc5ccccc5)cc4)cc3C2=O)C(=O)N1. The number of nitrogens with zero attached hydrogens (tertiary/aromatic N) is 1. The minimum atomic E-state index is -0.960. The van der Waals surface area contributed by atoms with Crippen molar-refractivity contribution >= 4 is 23.6 Å². The highest BCUT2D eigenvalue weighted by atomic mass is 16.2. The van der Waals surface area contributed by atoms with Crippen molar-refractivity contribution < 1.29 is 19.2 Å². The van der Waals surface area contributed by atoms with Crippen LogP contribution in [0.1, 0.15) is 44.7 Å². The Kier molecular flexibility index (Phi) is 6.25. The molecule has 0 bridgehead atoms. The van der Waals surface area contributed by atoms with E-state index in [1.165, 1.54) is 11.1 Å². The first-order valence-electron chi connectivity index (χ1n) is 11.7. The van der Waals surface area contributed by atoms with E-state index >= 15 is 0 Å². The molecular formula is C28H25N3O4. The Hall–Kier alpha value is -4.10. The van der Waals surface area contributed by atoms with Gasteiger partial charge in [0.2, 0.25) is 11.8 Å². The monoisotopic (exact) mass is 467 g/mol. The molecule has 35 heavy (non-hydrogen) atoms. The van der Waals surface area contributed by atoms with E-state index in [0.29, 0.717) is 0 Å². The molecule has 7 heteroatoms. The van der Waals surface area contributed by atoms with Gasteiger partial charge in [-0.25, -0.2) is 0 Å². The molecule has 0 radical (unpaired) electrons. The summed E-state index contributed by atoms with van der Waals surface area (Å²) in [6.07, 6.45) is 1.14. The van der Waals surface area contributed by atoms with Gasteiger partial charge < -0.3 is 5.32 Å². The quantitative estimate of drug-likeness (QED) is 0.411. The molecule has 7 nitrogen and oxygen atoms in total. The van der Waals surface area contributed by atoms with Gasteiger partial charge in [-0.1, -0.05) is 60.7 Å². The van der Waals surface area contributed by atoms with Gasteiger partial charge in [-0.05, 0) is 53.8 Å². The van der Waals surface area contributed by atoms with E-state index in [-0.39, 0.29) is 29.9 Å². The number of imide groups is 2. The van der Waals surface area contributed by atoms with E-state index < -0.39 is 23.8 Å². The van der Waals surface area contributed by atoms with Gasteiger partial charge in [0.05, 0.1) is 11.1 Å². The van der Waals surface area contributed by atoms with Gasteiger partial charge in [0.15, 0.2) is 0 Å². The lowest BCUT2D eigenvalue weighted by Gasteiger charge is -2.27. The number of carbonyl (C=O) groups excluding carboxylic acids is 4. The molecule has 3 aromatic carbocycles. The molecule has 2 aliphatic heterocycles. The lowest BCUT2D eigenvalue weighted by molar-refractivity contribution is -0.136. The number of hydrogen-bond acceptors (Lipinski definition) is 5. The van der Waals surface area contributed by atoms with Gasteiger partial charge in [0.25, 0.3) is 11.8 Å². The fraction of sp³-hybridized carbons (Fsp3) is 0.214. The second-order valence-electron chi connectivity index (χ2n) is 8.82. The molecule has 2 aliphatic rings. The lowest BCUT2D eigenvalue weighted by atomic mass is 9.99. The normalized spacial score (nSPS) is 17.5. The number of hydrogen-bond donors (Lipinski definition) is 2. The van der Waals surface area contributed by atoms with Crippen molar-refractivity contribution in [3.8, 4) is 11.1 Å². The van der Waals surface area contributed by atoms with Crippen molar-refractivity contribution in [3.63, 3.8) is 0 Å². The summed E-state index contributed by atoms with van der Waals surface area (Å²) in [5.74, 6) is -1.99. The molecule has 0 spiro atoms. The highest BCUT2D eigenvalue weighted by Crippen LogP contribution is 2.31. The van der Waals surface area contributed by atoms with Gasteiger partial charge in [0, 0.05) is 13.0 Å². The first-order valence-corrected chi connectivity index (χ1v) is 11.7. The van der Waals surface area contributed by atoms with Gasteiger partial charge >= 0.3 is 0 Å². The van der Waals surface area contributed by atoms with Crippen LogP contribution in [0.4, 0.5) is 0 Å². The van der Waals surface area contributed by atoms with E-state index in [9.17, 15) is 19.2 Å². The molecule has 0 aromatic heterocycles. The van der Waals surface area contributed by atoms with Gasteiger partial charge in [0.1, 0.15) is 6.04 Å². The van der Waals surface area contributed by atoms with Crippen molar-refractivity contribution in [1.82, 2.24) is 15.5 Å². The number of benzene rings is 3. The Morgan fingerprint density at radius 3 is 2.26 bits per heavy atom. The molecule has 2 N–H and O–H groups in total. The predicted molar refractivity (Wildman–Crippen MR) is 130 cm³/mol. The van der Waals surface area contributed by atoms with Crippen molar-refractivity contribution in [2.45, 2.75) is 31.8 Å². The summed E-state index contributed by atoms with van der Waals surface area (Å²) < 4.78 is 0. The molecule has 0 aliphatic carbocycles. The standard InChI is InChI=1S/C28H25N3O4/c32-25-13-12-24(26(33)30-25)31-27(34)22-11-10-21(16-23(22)28(31)35)20-8-6-18(7-9-20)14-15-29-17-19-4-2-1-3-5-19/h1-11,16,24,29H,12-15,17H2,(H,30,32,33). The number of fused-ring (bicyclic) bond motifs is 1. The van der Waals surface area contributed by atoms with Gasteiger partial charge in [-0.2, -0.15) is 0 Å².